The number of rotatable bonds is 2. The van der Waals surface area contributed by atoms with Crippen molar-refractivity contribution in [3.63, 3.8) is 0 Å². The highest BCUT2D eigenvalue weighted by Gasteiger charge is 2.30. The van der Waals surface area contributed by atoms with E-state index in [4.69, 9.17) is 4.42 Å². The number of esters is 1. The molecule has 0 saturated carbocycles. The largest absolute Gasteiger partial charge is 0.463 e. The fourth-order valence-electron chi connectivity index (χ4n) is 1.74. The Morgan fingerprint density at radius 1 is 1.20 bits per heavy atom. The Hall–Kier alpha value is -2.24. The summed E-state index contributed by atoms with van der Waals surface area (Å²) in [6, 6.07) is 6.09. The molecule has 2 aromatic rings. The van der Waals surface area contributed by atoms with Gasteiger partial charge in [-0.15, -0.1) is 0 Å². The molecule has 0 spiro atoms. The van der Waals surface area contributed by atoms with E-state index in [1.165, 1.54) is 19.2 Å². The summed E-state index contributed by atoms with van der Waals surface area (Å²) in [5.41, 5.74) is 0.278. The van der Waals surface area contributed by atoms with Crippen molar-refractivity contribution in [1.82, 2.24) is 0 Å². The Morgan fingerprint density at radius 2 is 1.80 bits per heavy atom. The molecule has 0 aliphatic carbocycles. The predicted octanol–water partition coefficient (Wildman–Crippen LogP) is 4.06. The van der Waals surface area contributed by atoms with Gasteiger partial charge in [-0.2, -0.15) is 13.2 Å². The summed E-state index contributed by atoms with van der Waals surface area (Å²) in [7, 11) is 1.22. The summed E-state index contributed by atoms with van der Waals surface area (Å²) in [5, 5.41) is 0. The molecule has 1 heterocycles. The smallest absolute Gasteiger partial charge is 0.416 e. The SMILES string of the molecule is COC(=O)c1oc(-c2ccc(C(F)(F)F)cc2)cc1C. The second kappa shape index (κ2) is 5.03. The minimum absolute atomic E-state index is 0.0439. The van der Waals surface area contributed by atoms with Crippen LogP contribution < -0.4 is 0 Å². The maximum atomic E-state index is 12.5. The molecule has 0 saturated heterocycles. The summed E-state index contributed by atoms with van der Waals surface area (Å²) in [6.07, 6.45) is -4.38. The van der Waals surface area contributed by atoms with Gasteiger partial charge in [0.15, 0.2) is 0 Å². The van der Waals surface area contributed by atoms with Crippen LogP contribution in [0.4, 0.5) is 13.2 Å². The Labute approximate surface area is 113 Å². The van der Waals surface area contributed by atoms with Crippen molar-refractivity contribution in [3.05, 3.63) is 47.2 Å². The summed E-state index contributed by atoms with van der Waals surface area (Å²) in [6.45, 7) is 1.66. The van der Waals surface area contributed by atoms with Crippen molar-refractivity contribution < 1.29 is 27.1 Å². The lowest BCUT2D eigenvalue weighted by atomic mass is 10.1. The van der Waals surface area contributed by atoms with Gasteiger partial charge < -0.3 is 9.15 Å². The van der Waals surface area contributed by atoms with E-state index < -0.39 is 17.7 Å². The number of hydrogen-bond acceptors (Lipinski definition) is 3. The number of carbonyl (C=O) groups is 1. The topological polar surface area (TPSA) is 39.4 Å². The normalized spacial score (nSPS) is 11.4. The molecule has 0 atom stereocenters. The molecule has 0 bridgehead atoms. The third-order valence-corrected chi connectivity index (χ3v) is 2.79. The number of ether oxygens (including phenoxy) is 1. The molecule has 0 aliphatic heterocycles. The zero-order valence-corrected chi connectivity index (χ0v) is 10.7. The van der Waals surface area contributed by atoms with Crippen molar-refractivity contribution in [2.45, 2.75) is 13.1 Å². The summed E-state index contributed by atoms with van der Waals surface area (Å²) in [4.78, 5) is 11.4. The van der Waals surface area contributed by atoms with Crippen LogP contribution in [0.3, 0.4) is 0 Å². The minimum Gasteiger partial charge on any atom is -0.463 e. The van der Waals surface area contributed by atoms with Crippen molar-refractivity contribution in [2.75, 3.05) is 7.11 Å². The van der Waals surface area contributed by atoms with E-state index >= 15 is 0 Å². The Bertz CT molecular complexity index is 624. The fraction of sp³-hybridized carbons (Fsp3) is 0.214. The number of aryl methyl sites for hydroxylation is 1. The van der Waals surface area contributed by atoms with Gasteiger partial charge in [-0.1, -0.05) is 12.1 Å². The van der Waals surface area contributed by atoms with Crippen molar-refractivity contribution in [2.24, 2.45) is 0 Å². The maximum Gasteiger partial charge on any atom is 0.416 e. The van der Waals surface area contributed by atoms with E-state index in [1.54, 1.807) is 13.0 Å². The highest BCUT2D eigenvalue weighted by atomic mass is 19.4. The number of hydrogen-bond donors (Lipinski definition) is 0. The number of benzene rings is 1. The molecule has 1 aromatic heterocycles. The van der Waals surface area contributed by atoms with Gasteiger partial charge in [-0.25, -0.2) is 4.79 Å². The molecule has 3 nitrogen and oxygen atoms in total. The van der Waals surface area contributed by atoms with Crippen LogP contribution in [-0.4, -0.2) is 13.1 Å². The van der Waals surface area contributed by atoms with Gasteiger partial charge in [0, 0.05) is 11.1 Å². The third-order valence-electron chi connectivity index (χ3n) is 2.79. The molecule has 1 aromatic carbocycles. The predicted molar refractivity (Wildman–Crippen MR) is 65.2 cm³/mol. The van der Waals surface area contributed by atoms with Gasteiger partial charge in [0.05, 0.1) is 12.7 Å². The first-order chi connectivity index (χ1) is 9.32. The quantitative estimate of drug-likeness (QED) is 0.781. The Morgan fingerprint density at radius 3 is 2.30 bits per heavy atom. The number of alkyl halides is 3. The molecular formula is C14H11F3O3. The molecule has 106 valence electrons. The molecule has 0 amide bonds. The van der Waals surface area contributed by atoms with Crippen LogP contribution in [0.1, 0.15) is 21.7 Å². The Kier molecular flexibility index (Phi) is 3.57. The molecule has 2 rings (SSSR count). The molecule has 6 heteroatoms. The first-order valence-electron chi connectivity index (χ1n) is 5.69. The number of methoxy groups -OCH3 is 1. The third kappa shape index (κ3) is 2.68. The second-order valence-corrected chi connectivity index (χ2v) is 4.19. The molecule has 20 heavy (non-hydrogen) atoms. The average Bonchev–Trinajstić information content (AvgIpc) is 2.79. The Balaban J connectivity index is 2.35. The van der Waals surface area contributed by atoms with Crippen LogP contribution in [0.15, 0.2) is 34.7 Å². The van der Waals surface area contributed by atoms with E-state index in [0.717, 1.165) is 12.1 Å². The molecule has 0 radical (unpaired) electrons. The molecule has 0 fully saturated rings. The number of furan rings is 1. The maximum absolute atomic E-state index is 12.5. The van der Waals surface area contributed by atoms with Crippen LogP contribution in [0.2, 0.25) is 0 Å². The summed E-state index contributed by atoms with van der Waals surface area (Å²) >= 11 is 0. The van der Waals surface area contributed by atoms with E-state index in [2.05, 4.69) is 4.74 Å². The van der Waals surface area contributed by atoms with Crippen LogP contribution in [0.5, 0.6) is 0 Å². The summed E-state index contributed by atoms with van der Waals surface area (Å²) < 4.78 is 47.2. The monoisotopic (exact) mass is 284 g/mol. The number of halogens is 3. The molecule has 0 N–H and O–H groups in total. The molecule has 0 unspecified atom stereocenters. The lowest BCUT2D eigenvalue weighted by Crippen LogP contribution is -2.03. The van der Waals surface area contributed by atoms with Gasteiger partial charge in [-0.3, -0.25) is 0 Å². The van der Waals surface area contributed by atoms with Gasteiger partial charge in [-0.05, 0) is 25.1 Å². The standard InChI is InChI=1S/C14H11F3O3/c1-8-7-11(20-12(8)13(18)19-2)9-3-5-10(6-4-9)14(15,16)17/h3-7H,1-2H3. The van der Waals surface area contributed by atoms with Gasteiger partial charge in [0.1, 0.15) is 5.76 Å². The van der Waals surface area contributed by atoms with E-state index in [0.29, 0.717) is 16.9 Å². The first kappa shape index (κ1) is 14.2. The van der Waals surface area contributed by atoms with Gasteiger partial charge in [0.25, 0.3) is 0 Å². The lowest BCUT2D eigenvalue weighted by molar-refractivity contribution is -0.137. The van der Waals surface area contributed by atoms with Crippen molar-refractivity contribution in [3.8, 4) is 11.3 Å². The average molecular weight is 284 g/mol. The van der Waals surface area contributed by atoms with E-state index in [1.807, 2.05) is 0 Å². The van der Waals surface area contributed by atoms with Crippen molar-refractivity contribution in [1.29, 1.82) is 0 Å². The van der Waals surface area contributed by atoms with Crippen LogP contribution in [0, 0.1) is 6.92 Å². The van der Waals surface area contributed by atoms with Crippen LogP contribution >= 0.6 is 0 Å². The second-order valence-electron chi connectivity index (χ2n) is 4.19. The zero-order chi connectivity index (χ0) is 14.9. The molecular weight excluding hydrogens is 273 g/mol. The number of carbonyl (C=O) groups excluding carboxylic acids is 1. The van der Waals surface area contributed by atoms with E-state index in [9.17, 15) is 18.0 Å². The fourth-order valence-corrected chi connectivity index (χ4v) is 1.74. The van der Waals surface area contributed by atoms with Gasteiger partial charge >= 0.3 is 12.1 Å². The first-order valence-corrected chi connectivity index (χ1v) is 5.69. The highest BCUT2D eigenvalue weighted by molar-refractivity contribution is 5.88. The zero-order valence-electron chi connectivity index (χ0n) is 10.7. The lowest BCUT2D eigenvalue weighted by Gasteiger charge is -2.06. The van der Waals surface area contributed by atoms with Crippen molar-refractivity contribution >= 4 is 5.97 Å². The van der Waals surface area contributed by atoms with Gasteiger partial charge in [0.2, 0.25) is 5.76 Å². The molecule has 0 aliphatic rings. The van der Waals surface area contributed by atoms with E-state index in [-0.39, 0.29) is 5.76 Å². The highest BCUT2D eigenvalue weighted by Crippen LogP contribution is 2.32. The minimum atomic E-state index is -4.38. The van der Waals surface area contributed by atoms with Crippen LogP contribution in [-0.2, 0) is 10.9 Å². The summed E-state index contributed by atoms with van der Waals surface area (Å²) in [5.74, 6) is -0.264. The van der Waals surface area contributed by atoms with Crippen LogP contribution in [0.25, 0.3) is 11.3 Å².